The molecule has 33 heavy (non-hydrogen) atoms. The predicted octanol–water partition coefficient (Wildman–Crippen LogP) is 2.87. The van der Waals surface area contributed by atoms with Gasteiger partial charge in [-0.25, -0.2) is 0 Å². The molecule has 2 aromatic carbocycles. The molecular weight excluding hydrogens is 452 g/mol. The number of carbonyl (C=O) groups is 3. The van der Waals surface area contributed by atoms with Crippen LogP contribution in [-0.4, -0.2) is 46.7 Å². The second-order valence-electron chi connectivity index (χ2n) is 6.83. The molecule has 174 valence electrons. The SMILES string of the molecule is COc1cc(OC)c(/C=C(\S)C(=O)C2Cc3c(OC)cc(OC)cc3OC2=O)c(OC=O)c1. The van der Waals surface area contributed by atoms with Crippen molar-refractivity contribution in [3.8, 4) is 34.5 Å². The molecule has 0 fully saturated rings. The molecule has 0 aliphatic carbocycles. The van der Waals surface area contributed by atoms with Gasteiger partial charge in [-0.2, -0.15) is 0 Å². The van der Waals surface area contributed by atoms with Gasteiger partial charge in [-0.15, -0.1) is 12.6 Å². The second-order valence-corrected chi connectivity index (χ2v) is 7.32. The summed E-state index contributed by atoms with van der Waals surface area (Å²) in [7, 11) is 5.80. The molecule has 0 amide bonds. The molecule has 0 spiro atoms. The third-order valence-electron chi connectivity index (χ3n) is 5.06. The molecule has 0 saturated heterocycles. The summed E-state index contributed by atoms with van der Waals surface area (Å²) >= 11 is 4.31. The first kappa shape index (κ1) is 24.0. The lowest BCUT2D eigenvalue weighted by Crippen LogP contribution is -2.34. The van der Waals surface area contributed by atoms with Crippen LogP contribution in [0.25, 0.3) is 6.08 Å². The van der Waals surface area contributed by atoms with Crippen molar-refractivity contribution in [3.05, 3.63) is 40.3 Å². The lowest BCUT2D eigenvalue weighted by Gasteiger charge is -2.24. The number of methoxy groups -OCH3 is 4. The van der Waals surface area contributed by atoms with Crippen LogP contribution in [0.15, 0.2) is 29.2 Å². The van der Waals surface area contributed by atoms with E-state index in [4.69, 9.17) is 28.4 Å². The highest BCUT2D eigenvalue weighted by atomic mass is 32.1. The van der Waals surface area contributed by atoms with Gasteiger partial charge in [0, 0.05) is 41.2 Å². The van der Waals surface area contributed by atoms with Gasteiger partial charge in [0.05, 0.1) is 34.0 Å². The van der Waals surface area contributed by atoms with E-state index in [2.05, 4.69) is 12.6 Å². The lowest BCUT2D eigenvalue weighted by atomic mass is 9.91. The van der Waals surface area contributed by atoms with Crippen LogP contribution in [0.1, 0.15) is 11.1 Å². The van der Waals surface area contributed by atoms with Crippen LogP contribution in [0, 0.1) is 5.92 Å². The predicted molar refractivity (Wildman–Crippen MR) is 121 cm³/mol. The Balaban J connectivity index is 1.98. The third-order valence-corrected chi connectivity index (χ3v) is 5.41. The average Bonchev–Trinajstić information content (AvgIpc) is 2.83. The van der Waals surface area contributed by atoms with Crippen molar-refractivity contribution in [1.29, 1.82) is 0 Å². The molecule has 9 nitrogen and oxygen atoms in total. The smallest absolute Gasteiger partial charge is 0.322 e. The number of ether oxygens (including phenoxy) is 6. The van der Waals surface area contributed by atoms with E-state index < -0.39 is 17.7 Å². The molecule has 0 N–H and O–H groups in total. The Bertz CT molecular complexity index is 1120. The number of hydrogen-bond acceptors (Lipinski definition) is 10. The Labute approximate surface area is 195 Å². The van der Waals surface area contributed by atoms with Gasteiger partial charge in [-0.3, -0.25) is 14.4 Å². The number of hydrogen-bond donors (Lipinski definition) is 1. The summed E-state index contributed by atoms with van der Waals surface area (Å²) in [5.41, 5.74) is 0.833. The highest BCUT2D eigenvalue weighted by Crippen LogP contribution is 2.41. The Hall–Kier alpha value is -3.66. The summed E-state index contributed by atoms with van der Waals surface area (Å²) in [4.78, 5) is 36.7. The van der Waals surface area contributed by atoms with Crippen LogP contribution in [0.2, 0.25) is 0 Å². The van der Waals surface area contributed by atoms with Crippen molar-refractivity contribution in [2.45, 2.75) is 6.42 Å². The molecule has 1 unspecified atom stereocenters. The molecule has 10 heteroatoms. The zero-order valence-corrected chi connectivity index (χ0v) is 19.3. The lowest BCUT2D eigenvalue weighted by molar-refractivity contribution is -0.143. The summed E-state index contributed by atoms with van der Waals surface area (Å²) in [6.45, 7) is 0.238. The van der Waals surface area contributed by atoms with Gasteiger partial charge in [-0.05, 0) is 6.08 Å². The van der Waals surface area contributed by atoms with Gasteiger partial charge < -0.3 is 28.4 Å². The summed E-state index contributed by atoms with van der Waals surface area (Å²) < 4.78 is 31.5. The average molecular weight is 474 g/mol. The first-order valence-corrected chi connectivity index (χ1v) is 10.1. The molecule has 1 aliphatic heterocycles. The van der Waals surface area contributed by atoms with E-state index in [0.29, 0.717) is 22.8 Å². The van der Waals surface area contributed by atoms with Gasteiger partial charge in [0.15, 0.2) is 5.78 Å². The van der Waals surface area contributed by atoms with Crippen LogP contribution in [0.3, 0.4) is 0 Å². The van der Waals surface area contributed by atoms with Crippen molar-refractivity contribution in [1.82, 2.24) is 0 Å². The number of allylic oxidation sites excluding steroid dienone is 1. The van der Waals surface area contributed by atoms with E-state index in [1.807, 2.05) is 0 Å². The molecule has 3 rings (SSSR count). The van der Waals surface area contributed by atoms with Gasteiger partial charge >= 0.3 is 5.97 Å². The molecule has 0 saturated carbocycles. The van der Waals surface area contributed by atoms with E-state index in [-0.39, 0.29) is 40.6 Å². The van der Waals surface area contributed by atoms with Crippen molar-refractivity contribution in [2.24, 2.45) is 5.92 Å². The molecule has 1 aliphatic rings. The van der Waals surface area contributed by atoms with Crippen molar-refractivity contribution in [2.75, 3.05) is 28.4 Å². The summed E-state index contributed by atoms with van der Waals surface area (Å²) in [5, 5.41) is 0. The molecule has 0 radical (unpaired) electrons. The number of thiol groups is 1. The van der Waals surface area contributed by atoms with Crippen molar-refractivity contribution >= 4 is 36.9 Å². The van der Waals surface area contributed by atoms with Gasteiger partial charge in [0.2, 0.25) is 0 Å². The largest absolute Gasteiger partial charge is 0.496 e. The minimum Gasteiger partial charge on any atom is -0.496 e. The van der Waals surface area contributed by atoms with E-state index >= 15 is 0 Å². The van der Waals surface area contributed by atoms with E-state index in [1.165, 1.54) is 40.6 Å². The number of fused-ring (bicyclic) bond motifs is 1. The van der Waals surface area contributed by atoms with Gasteiger partial charge in [0.25, 0.3) is 6.47 Å². The van der Waals surface area contributed by atoms with Crippen LogP contribution in [0.4, 0.5) is 0 Å². The minimum absolute atomic E-state index is 0.0511. The number of carbonyl (C=O) groups excluding carboxylic acids is 3. The third kappa shape index (κ3) is 4.90. The zero-order valence-electron chi connectivity index (χ0n) is 18.4. The van der Waals surface area contributed by atoms with E-state index in [1.54, 1.807) is 18.2 Å². The fourth-order valence-corrected chi connectivity index (χ4v) is 3.68. The Kier molecular flexibility index (Phi) is 7.49. The maximum Gasteiger partial charge on any atom is 0.322 e. The maximum absolute atomic E-state index is 13.2. The first-order valence-electron chi connectivity index (χ1n) is 9.64. The number of Topliss-reactive ketones (excluding diaryl/α,β-unsaturated/α-hetero) is 1. The first-order chi connectivity index (χ1) is 15.9. The Morgan fingerprint density at radius 1 is 0.970 bits per heavy atom. The highest BCUT2D eigenvalue weighted by Gasteiger charge is 2.37. The van der Waals surface area contributed by atoms with Crippen LogP contribution >= 0.6 is 12.6 Å². The number of ketones is 1. The van der Waals surface area contributed by atoms with Crippen molar-refractivity contribution in [3.63, 3.8) is 0 Å². The zero-order chi connectivity index (χ0) is 24.1. The molecule has 0 aromatic heterocycles. The van der Waals surface area contributed by atoms with E-state index in [9.17, 15) is 14.4 Å². The fraction of sp³-hybridized carbons (Fsp3) is 0.261. The molecule has 0 bridgehead atoms. The van der Waals surface area contributed by atoms with Gasteiger partial charge in [-0.1, -0.05) is 0 Å². The fourth-order valence-electron chi connectivity index (χ4n) is 3.40. The monoisotopic (exact) mass is 474 g/mol. The summed E-state index contributed by atoms with van der Waals surface area (Å²) in [6.07, 6.45) is 1.41. The Morgan fingerprint density at radius 3 is 2.18 bits per heavy atom. The van der Waals surface area contributed by atoms with Crippen LogP contribution in [-0.2, 0) is 20.8 Å². The molecule has 1 heterocycles. The normalized spacial score (nSPS) is 15.1. The molecule has 2 aromatic rings. The second kappa shape index (κ2) is 10.3. The molecular formula is C23H22O9S. The minimum atomic E-state index is -1.15. The van der Waals surface area contributed by atoms with E-state index in [0.717, 1.165) is 0 Å². The highest BCUT2D eigenvalue weighted by molar-refractivity contribution is 7.85. The van der Waals surface area contributed by atoms with Crippen LogP contribution < -0.4 is 28.4 Å². The number of benzene rings is 2. The standard InChI is InChI=1S/C23H22O9S/c1-27-12-5-18(30-4)15(19(7-12)31-11-24)10-21(33)22(25)16-9-14-17(29-3)6-13(28-2)8-20(14)32-23(16)26/h5-8,10-11,16,33H,9H2,1-4H3/b21-10-. The van der Waals surface area contributed by atoms with Gasteiger partial charge in [0.1, 0.15) is 40.4 Å². The maximum atomic E-state index is 13.2. The van der Waals surface area contributed by atoms with Crippen LogP contribution in [0.5, 0.6) is 34.5 Å². The number of esters is 1. The quantitative estimate of drug-likeness (QED) is 0.147. The molecule has 1 atom stereocenters. The number of rotatable bonds is 9. The summed E-state index contributed by atoms with van der Waals surface area (Å²) in [6, 6.07) is 6.21. The topological polar surface area (TPSA) is 107 Å². The van der Waals surface area contributed by atoms with Crippen molar-refractivity contribution < 1.29 is 42.8 Å². The Morgan fingerprint density at radius 2 is 1.58 bits per heavy atom. The summed E-state index contributed by atoms with van der Waals surface area (Å²) in [5.74, 6) is -0.572.